The lowest BCUT2D eigenvalue weighted by molar-refractivity contribution is 1.11. The van der Waals surface area contributed by atoms with Gasteiger partial charge in [-0.25, -0.2) is 0 Å². The molecule has 0 saturated carbocycles. The fourth-order valence-corrected chi connectivity index (χ4v) is 0. The Morgan fingerprint density at radius 3 is 1.57 bits per heavy atom. The third-order valence-corrected chi connectivity index (χ3v) is 0.604. The van der Waals surface area contributed by atoms with Gasteiger partial charge in [0.15, 0.2) is 0 Å². The monoisotopic (exact) mass is 102 g/mol. The highest BCUT2D eigenvalue weighted by molar-refractivity contribution is 4.84. The molecule has 0 aromatic heterocycles. The van der Waals surface area contributed by atoms with E-state index >= 15 is 0 Å². The average molecular weight is 102 g/mol. The van der Waals surface area contributed by atoms with Gasteiger partial charge in [-0.2, -0.15) is 0 Å². The molecular formula is C7H18. The van der Waals surface area contributed by atoms with Crippen LogP contribution in [0.15, 0.2) is 12.2 Å². The summed E-state index contributed by atoms with van der Waals surface area (Å²) in [5, 5.41) is 0. The zero-order chi connectivity index (χ0) is 4.28. The van der Waals surface area contributed by atoms with Crippen LogP contribution in [0.1, 0.15) is 35.1 Å². The lowest BCUT2D eigenvalue weighted by Gasteiger charge is -1.79. The van der Waals surface area contributed by atoms with Crippen molar-refractivity contribution < 1.29 is 0 Å². The Morgan fingerprint density at radius 2 is 1.57 bits per heavy atom. The van der Waals surface area contributed by atoms with Crippen LogP contribution in [0, 0.1) is 0 Å². The number of hydrogen-bond donors (Lipinski definition) is 0. The van der Waals surface area contributed by atoms with E-state index in [9.17, 15) is 0 Å². The van der Waals surface area contributed by atoms with Crippen molar-refractivity contribution in [2.75, 3.05) is 0 Å². The molecule has 0 fully saturated rings. The maximum atomic E-state index is 3.67. The quantitative estimate of drug-likeness (QED) is 0.446. The first kappa shape index (κ1) is 15.9. The number of rotatable bonds is 1. The molecule has 0 atom stereocenters. The summed E-state index contributed by atoms with van der Waals surface area (Å²) in [6.45, 7) is 7.80. The minimum absolute atomic E-state index is 0. The van der Waals surface area contributed by atoms with E-state index in [1.165, 1.54) is 5.57 Å². The minimum atomic E-state index is 0. The summed E-state index contributed by atoms with van der Waals surface area (Å²) >= 11 is 0. The fourth-order valence-electron chi connectivity index (χ4n) is 0. The van der Waals surface area contributed by atoms with Gasteiger partial charge in [0.05, 0.1) is 0 Å². The second-order valence-corrected chi connectivity index (χ2v) is 1.31. The Labute approximate surface area is 48.3 Å². The van der Waals surface area contributed by atoms with Crippen molar-refractivity contribution in [2.24, 2.45) is 0 Å². The van der Waals surface area contributed by atoms with Gasteiger partial charge in [-0.1, -0.05) is 27.4 Å². The summed E-state index contributed by atoms with van der Waals surface area (Å²) in [5.74, 6) is 0. The molecule has 0 radical (unpaired) electrons. The summed E-state index contributed by atoms with van der Waals surface area (Å²) in [4.78, 5) is 0. The normalized spacial score (nSPS) is 5.43. The highest BCUT2D eigenvalue weighted by atomic mass is 13.7. The summed E-state index contributed by atoms with van der Waals surface area (Å²) in [6, 6.07) is 0. The molecule has 0 unspecified atom stereocenters. The Balaban J connectivity index is -0.0000000800. The second kappa shape index (κ2) is 9.22. The third kappa shape index (κ3) is 26.5. The smallest absolute Gasteiger partial charge is 0.0354 e. The molecule has 0 bridgehead atoms. The second-order valence-electron chi connectivity index (χ2n) is 1.31. The SMILES string of the molecule is C.C.C=C(C)CC. The molecule has 0 amide bonds. The predicted molar refractivity (Wildman–Crippen MR) is 38.6 cm³/mol. The van der Waals surface area contributed by atoms with E-state index in [1.54, 1.807) is 0 Å². The highest BCUT2D eigenvalue weighted by Crippen LogP contribution is 1.88. The lowest BCUT2D eigenvalue weighted by atomic mass is 10.3. The summed E-state index contributed by atoms with van der Waals surface area (Å²) in [6.07, 6.45) is 1.11. The maximum absolute atomic E-state index is 3.67. The Morgan fingerprint density at radius 1 is 1.43 bits per heavy atom. The molecule has 0 aromatic rings. The van der Waals surface area contributed by atoms with Crippen molar-refractivity contribution in [3.63, 3.8) is 0 Å². The first-order valence-corrected chi connectivity index (χ1v) is 1.91. The van der Waals surface area contributed by atoms with Crippen molar-refractivity contribution in [1.29, 1.82) is 0 Å². The predicted octanol–water partition coefficient (Wildman–Crippen LogP) is 3.24. The van der Waals surface area contributed by atoms with Gasteiger partial charge in [-0.05, 0) is 13.3 Å². The first-order chi connectivity index (χ1) is 2.27. The molecule has 0 aliphatic carbocycles. The van der Waals surface area contributed by atoms with Crippen LogP contribution in [-0.2, 0) is 0 Å². The van der Waals surface area contributed by atoms with Crippen molar-refractivity contribution in [2.45, 2.75) is 35.1 Å². The van der Waals surface area contributed by atoms with Gasteiger partial charge in [0.2, 0.25) is 0 Å². The topological polar surface area (TPSA) is 0 Å². The van der Waals surface area contributed by atoms with Crippen LogP contribution >= 0.6 is 0 Å². The molecular weight excluding hydrogens is 84.1 g/mol. The molecule has 0 N–H and O–H groups in total. The van der Waals surface area contributed by atoms with E-state index in [2.05, 4.69) is 13.5 Å². The molecule has 0 rings (SSSR count). The molecule has 0 heterocycles. The summed E-state index contributed by atoms with van der Waals surface area (Å²) in [7, 11) is 0. The maximum Gasteiger partial charge on any atom is -0.0354 e. The first-order valence-electron chi connectivity index (χ1n) is 1.91. The summed E-state index contributed by atoms with van der Waals surface area (Å²) in [5.41, 5.74) is 1.25. The molecule has 0 nitrogen and oxygen atoms in total. The van der Waals surface area contributed by atoms with Gasteiger partial charge in [-0.3, -0.25) is 0 Å². The summed E-state index contributed by atoms with van der Waals surface area (Å²) < 4.78 is 0. The van der Waals surface area contributed by atoms with Crippen molar-refractivity contribution in [3.8, 4) is 0 Å². The Bertz CT molecular complexity index is 35.3. The fraction of sp³-hybridized carbons (Fsp3) is 0.714. The lowest BCUT2D eigenvalue weighted by Crippen LogP contribution is -1.58. The van der Waals surface area contributed by atoms with E-state index in [-0.39, 0.29) is 14.9 Å². The molecule has 0 aliphatic rings. The van der Waals surface area contributed by atoms with E-state index < -0.39 is 0 Å². The van der Waals surface area contributed by atoms with E-state index in [1.807, 2.05) is 6.92 Å². The molecule has 0 aromatic carbocycles. The standard InChI is InChI=1S/C5H10.2CH4/c1-4-5(2)3;;/h2,4H2,1,3H3;2*1H4. The van der Waals surface area contributed by atoms with Crippen LogP contribution in [0.5, 0.6) is 0 Å². The number of hydrogen-bond acceptors (Lipinski definition) is 0. The zero-order valence-corrected chi connectivity index (χ0v) is 3.91. The van der Waals surface area contributed by atoms with Gasteiger partial charge in [0, 0.05) is 0 Å². The van der Waals surface area contributed by atoms with Gasteiger partial charge in [0.1, 0.15) is 0 Å². The van der Waals surface area contributed by atoms with Crippen LogP contribution < -0.4 is 0 Å². The van der Waals surface area contributed by atoms with Gasteiger partial charge in [-0.15, -0.1) is 6.58 Å². The minimum Gasteiger partial charge on any atom is -0.100 e. The zero-order valence-electron chi connectivity index (χ0n) is 3.91. The van der Waals surface area contributed by atoms with Crippen LogP contribution in [0.2, 0.25) is 0 Å². The van der Waals surface area contributed by atoms with Crippen LogP contribution in [0.4, 0.5) is 0 Å². The van der Waals surface area contributed by atoms with Gasteiger partial charge >= 0.3 is 0 Å². The van der Waals surface area contributed by atoms with E-state index in [4.69, 9.17) is 0 Å². The molecule has 46 valence electrons. The van der Waals surface area contributed by atoms with Crippen LogP contribution in [-0.4, -0.2) is 0 Å². The van der Waals surface area contributed by atoms with E-state index in [0.29, 0.717) is 0 Å². The number of allylic oxidation sites excluding steroid dienone is 1. The van der Waals surface area contributed by atoms with Gasteiger partial charge in [0.25, 0.3) is 0 Å². The molecule has 0 aliphatic heterocycles. The average Bonchev–Trinajstić information content (AvgIpc) is 1.38. The van der Waals surface area contributed by atoms with Crippen LogP contribution in [0.25, 0.3) is 0 Å². The van der Waals surface area contributed by atoms with Crippen molar-refractivity contribution in [3.05, 3.63) is 12.2 Å². The van der Waals surface area contributed by atoms with Crippen molar-refractivity contribution >= 4 is 0 Å². The Hall–Kier alpha value is -0.260. The molecule has 7 heavy (non-hydrogen) atoms. The molecule has 0 spiro atoms. The van der Waals surface area contributed by atoms with Crippen LogP contribution in [0.3, 0.4) is 0 Å². The Kier molecular flexibility index (Phi) is 20.9. The van der Waals surface area contributed by atoms with Gasteiger partial charge < -0.3 is 0 Å². The highest BCUT2D eigenvalue weighted by Gasteiger charge is 1.67. The third-order valence-electron chi connectivity index (χ3n) is 0.604. The largest absolute Gasteiger partial charge is 0.100 e. The molecule has 0 saturated heterocycles. The van der Waals surface area contributed by atoms with E-state index in [0.717, 1.165) is 6.42 Å². The van der Waals surface area contributed by atoms with Crippen molar-refractivity contribution in [1.82, 2.24) is 0 Å². The molecule has 0 heteroatoms.